The van der Waals surface area contributed by atoms with Crippen LogP contribution in [0.1, 0.15) is 25.0 Å². The third-order valence-electron chi connectivity index (χ3n) is 2.64. The van der Waals surface area contributed by atoms with E-state index in [0.29, 0.717) is 13.2 Å². The van der Waals surface area contributed by atoms with Crippen molar-refractivity contribution in [1.82, 2.24) is 5.32 Å². The molecule has 1 aromatic carbocycles. The Bertz CT molecular complexity index is 437. The number of nitrogens with one attached hydrogen (secondary N) is 1. The summed E-state index contributed by atoms with van der Waals surface area (Å²) in [5.74, 6) is -0.585. The Kier molecular flexibility index (Phi) is 6.97. The zero-order valence-electron chi connectivity index (χ0n) is 11.7. The Morgan fingerprint density at radius 2 is 2.25 bits per heavy atom. The van der Waals surface area contributed by atoms with Crippen molar-refractivity contribution in [2.45, 2.75) is 19.4 Å². The fourth-order valence-electron chi connectivity index (χ4n) is 1.58. The number of hydrogen-bond acceptors (Lipinski definition) is 4. The third kappa shape index (κ3) is 5.54. The number of aliphatic hydroxyl groups is 1. The van der Waals surface area contributed by atoms with E-state index >= 15 is 0 Å². The number of rotatable bonds is 8. The maximum Gasteiger partial charge on any atom is 0.257 e. The summed E-state index contributed by atoms with van der Waals surface area (Å²) in [4.78, 5) is 11.4. The minimum absolute atomic E-state index is 0.180. The Hall–Kier alpha value is -1.66. The molecule has 112 valence electrons. The second-order valence-corrected chi connectivity index (χ2v) is 4.34. The number of carbonyl (C=O) groups is 1. The van der Waals surface area contributed by atoms with Crippen LogP contribution in [0.4, 0.5) is 4.39 Å². The van der Waals surface area contributed by atoms with Gasteiger partial charge in [0, 0.05) is 31.9 Å². The second-order valence-electron chi connectivity index (χ2n) is 4.34. The van der Waals surface area contributed by atoms with Crippen molar-refractivity contribution in [3.8, 4) is 5.75 Å². The first-order valence-electron chi connectivity index (χ1n) is 6.40. The lowest BCUT2D eigenvalue weighted by molar-refractivity contribution is -0.123. The number of ether oxygens (including phenoxy) is 2. The summed E-state index contributed by atoms with van der Waals surface area (Å²) >= 11 is 0. The van der Waals surface area contributed by atoms with Crippen LogP contribution in [0.3, 0.4) is 0 Å². The summed E-state index contributed by atoms with van der Waals surface area (Å²) in [6, 6.07) is 4.11. The predicted molar refractivity (Wildman–Crippen MR) is 72.0 cm³/mol. The molecule has 0 heterocycles. The van der Waals surface area contributed by atoms with Crippen LogP contribution < -0.4 is 10.1 Å². The van der Waals surface area contributed by atoms with Crippen LogP contribution in [-0.2, 0) is 9.53 Å². The van der Waals surface area contributed by atoms with E-state index in [1.54, 1.807) is 7.11 Å². The molecule has 1 rings (SSSR count). The highest BCUT2D eigenvalue weighted by Gasteiger charge is 2.10. The number of halogens is 1. The maximum atomic E-state index is 13.6. The summed E-state index contributed by atoms with van der Waals surface area (Å²) < 4.78 is 23.6. The SMILES string of the molecule is COCCCNC(=O)COc1ccc([C@H](C)O)c(F)c1. The highest BCUT2D eigenvalue weighted by molar-refractivity contribution is 5.77. The van der Waals surface area contributed by atoms with Crippen molar-refractivity contribution in [3.63, 3.8) is 0 Å². The number of amides is 1. The molecule has 1 aromatic rings. The third-order valence-corrected chi connectivity index (χ3v) is 2.64. The van der Waals surface area contributed by atoms with Gasteiger partial charge in [-0.1, -0.05) is 0 Å². The van der Waals surface area contributed by atoms with Gasteiger partial charge >= 0.3 is 0 Å². The van der Waals surface area contributed by atoms with Gasteiger partial charge in [0.2, 0.25) is 0 Å². The fourth-order valence-corrected chi connectivity index (χ4v) is 1.58. The molecule has 0 saturated carbocycles. The van der Waals surface area contributed by atoms with E-state index in [4.69, 9.17) is 9.47 Å². The fraction of sp³-hybridized carbons (Fsp3) is 0.500. The minimum Gasteiger partial charge on any atom is -0.484 e. The number of aliphatic hydroxyl groups excluding tert-OH is 1. The van der Waals surface area contributed by atoms with Crippen LogP contribution in [0, 0.1) is 5.82 Å². The van der Waals surface area contributed by atoms with E-state index in [0.717, 1.165) is 12.5 Å². The quantitative estimate of drug-likeness (QED) is 0.709. The van der Waals surface area contributed by atoms with Gasteiger partial charge in [0.15, 0.2) is 6.61 Å². The molecule has 5 nitrogen and oxygen atoms in total. The molecule has 20 heavy (non-hydrogen) atoms. The van der Waals surface area contributed by atoms with Crippen molar-refractivity contribution < 1.29 is 23.8 Å². The molecular weight excluding hydrogens is 265 g/mol. The van der Waals surface area contributed by atoms with Crippen molar-refractivity contribution in [2.75, 3.05) is 26.9 Å². The van der Waals surface area contributed by atoms with Crippen molar-refractivity contribution in [3.05, 3.63) is 29.6 Å². The van der Waals surface area contributed by atoms with Gasteiger partial charge in [-0.25, -0.2) is 4.39 Å². The van der Waals surface area contributed by atoms with E-state index in [1.165, 1.54) is 19.1 Å². The standard InChI is InChI=1S/C14H20FNO4/c1-10(17)12-5-4-11(8-13(12)15)20-9-14(18)16-6-3-7-19-2/h4-5,8,10,17H,3,6-7,9H2,1-2H3,(H,16,18)/t10-/m0/s1. The molecule has 0 radical (unpaired) electrons. The molecule has 0 spiro atoms. The van der Waals surface area contributed by atoms with Crippen molar-refractivity contribution >= 4 is 5.91 Å². The van der Waals surface area contributed by atoms with E-state index in [1.807, 2.05) is 0 Å². The topological polar surface area (TPSA) is 67.8 Å². The van der Waals surface area contributed by atoms with E-state index < -0.39 is 11.9 Å². The lowest BCUT2D eigenvalue weighted by Gasteiger charge is -2.10. The lowest BCUT2D eigenvalue weighted by Crippen LogP contribution is -2.30. The molecule has 0 aromatic heterocycles. The Labute approximate surface area is 117 Å². The molecule has 1 atom stereocenters. The average molecular weight is 285 g/mol. The first-order chi connectivity index (χ1) is 9.54. The molecule has 0 aliphatic rings. The van der Waals surface area contributed by atoms with Gasteiger partial charge in [-0.15, -0.1) is 0 Å². The Balaban J connectivity index is 2.38. The van der Waals surface area contributed by atoms with E-state index in [2.05, 4.69) is 5.32 Å². The molecule has 0 aliphatic carbocycles. The van der Waals surface area contributed by atoms with Gasteiger partial charge in [0.1, 0.15) is 11.6 Å². The average Bonchev–Trinajstić information content (AvgIpc) is 2.41. The molecule has 0 saturated heterocycles. The summed E-state index contributed by atoms with van der Waals surface area (Å²) in [5, 5.41) is 12.0. The van der Waals surface area contributed by atoms with E-state index in [-0.39, 0.29) is 23.8 Å². The molecule has 6 heteroatoms. The van der Waals surface area contributed by atoms with Gasteiger partial charge in [-0.05, 0) is 25.5 Å². The highest BCUT2D eigenvalue weighted by atomic mass is 19.1. The molecular formula is C14H20FNO4. The maximum absolute atomic E-state index is 13.6. The highest BCUT2D eigenvalue weighted by Crippen LogP contribution is 2.21. The van der Waals surface area contributed by atoms with Crippen LogP contribution in [0.2, 0.25) is 0 Å². The molecule has 0 bridgehead atoms. The molecule has 0 fully saturated rings. The minimum atomic E-state index is -0.881. The van der Waals surface area contributed by atoms with Crippen LogP contribution in [0.25, 0.3) is 0 Å². The van der Waals surface area contributed by atoms with Crippen molar-refractivity contribution in [1.29, 1.82) is 0 Å². The Morgan fingerprint density at radius 3 is 2.85 bits per heavy atom. The first-order valence-corrected chi connectivity index (χ1v) is 6.40. The first kappa shape index (κ1) is 16.4. The van der Waals surface area contributed by atoms with Gasteiger partial charge in [0.25, 0.3) is 5.91 Å². The number of carbonyl (C=O) groups excluding carboxylic acids is 1. The summed E-state index contributed by atoms with van der Waals surface area (Å²) in [6.07, 6.45) is -0.159. The molecule has 1 amide bonds. The summed E-state index contributed by atoms with van der Waals surface area (Å²) in [6.45, 7) is 2.38. The normalized spacial score (nSPS) is 12.0. The Morgan fingerprint density at radius 1 is 1.50 bits per heavy atom. The predicted octanol–water partition coefficient (Wildman–Crippen LogP) is 1.41. The van der Waals surface area contributed by atoms with Crippen LogP contribution in [0.5, 0.6) is 5.75 Å². The number of hydrogen-bond donors (Lipinski definition) is 2. The lowest BCUT2D eigenvalue weighted by atomic mass is 10.1. The van der Waals surface area contributed by atoms with Crippen LogP contribution in [-0.4, -0.2) is 37.9 Å². The van der Waals surface area contributed by atoms with Crippen LogP contribution in [0.15, 0.2) is 18.2 Å². The number of benzene rings is 1. The van der Waals surface area contributed by atoms with Crippen LogP contribution >= 0.6 is 0 Å². The van der Waals surface area contributed by atoms with Gasteiger partial charge in [0.05, 0.1) is 6.10 Å². The largest absolute Gasteiger partial charge is 0.484 e. The zero-order valence-corrected chi connectivity index (χ0v) is 11.7. The smallest absolute Gasteiger partial charge is 0.257 e. The monoisotopic (exact) mass is 285 g/mol. The number of methoxy groups -OCH3 is 1. The molecule has 0 aliphatic heterocycles. The van der Waals surface area contributed by atoms with Gasteiger partial charge in [-0.3, -0.25) is 4.79 Å². The van der Waals surface area contributed by atoms with Gasteiger partial charge in [-0.2, -0.15) is 0 Å². The zero-order chi connectivity index (χ0) is 15.0. The molecule has 0 unspecified atom stereocenters. The van der Waals surface area contributed by atoms with Crippen molar-refractivity contribution in [2.24, 2.45) is 0 Å². The summed E-state index contributed by atoms with van der Waals surface area (Å²) in [7, 11) is 1.59. The molecule has 2 N–H and O–H groups in total. The second kappa shape index (κ2) is 8.50. The summed E-state index contributed by atoms with van der Waals surface area (Å²) in [5.41, 5.74) is 0.196. The van der Waals surface area contributed by atoms with E-state index in [9.17, 15) is 14.3 Å². The van der Waals surface area contributed by atoms with Gasteiger partial charge < -0.3 is 19.9 Å².